The number of halogens is 1. The van der Waals surface area contributed by atoms with E-state index in [-0.39, 0.29) is 18.1 Å². The van der Waals surface area contributed by atoms with Gasteiger partial charge in [-0.25, -0.2) is 4.39 Å². The highest BCUT2D eigenvalue weighted by Gasteiger charge is 2.07. The molecule has 0 fully saturated rings. The van der Waals surface area contributed by atoms with Gasteiger partial charge in [0.1, 0.15) is 5.82 Å². The highest BCUT2D eigenvalue weighted by molar-refractivity contribution is 5.78. The number of nitrogens with one attached hydrogen (secondary N) is 2. The molecular formula is C13H13FN2O. The molecule has 1 aromatic carbocycles. The summed E-state index contributed by atoms with van der Waals surface area (Å²) < 4.78 is 13.3. The molecule has 0 aliphatic heterocycles. The van der Waals surface area contributed by atoms with Crippen molar-refractivity contribution < 1.29 is 9.18 Å². The fourth-order valence-electron chi connectivity index (χ4n) is 1.55. The molecule has 1 aromatic heterocycles. The minimum Gasteiger partial charge on any atom is -0.367 e. The number of hydrogen-bond donors (Lipinski definition) is 2. The van der Waals surface area contributed by atoms with Crippen molar-refractivity contribution >= 4 is 5.91 Å². The fourth-order valence-corrected chi connectivity index (χ4v) is 1.55. The maximum atomic E-state index is 13.3. The van der Waals surface area contributed by atoms with Gasteiger partial charge in [-0.1, -0.05) is 18.2 Å². The Bertz CT molecular complexity index is 494. The predicted molar refractivity (Wildman–Crippen MR) is 62.7 cm³/mol. The van der Waals surface area contributed by atoms with Gasteiger partial charge in [0, 0.05) is 18.9 Å². The Hall–Kier alpha value is -2.10. The van der Waals surface area contributed by atoms with E-state index >= 15 is 0 Å². The first-order valence-electron chi connectivity index (χ1n) is 5.37. The van der Waals surface area contributed by atoms with Gasteiger partial charge in [0.05, 0.1) is 6.42 Å². The van der Waals surface area contributed by atoms with Crippen LogP contribution in [-0.4, -0.2) is 10.9 Å². The Morgan fingerprint density at radius 3 is 2.82 bits per heavy atom. The number of carbonyl (C=O) groups is 1. The largest absolute Gasteiger partial charge is 0.367 e. The van der Waals surface area contributed by atoms with E-state index in [2.05, 4.69) is 10.3 Å². The molecule has 0 radical (unpaired) electrons. The summed E-state index contributed by atoms with van der Waals surface area (Å²) in [6.45, 7) is 0.455. The van der Waals surface area contributed by atoms with Crippen LogP contribution in [0.2, 0.25) is 0 Å². The highest BCUT2D eigenvalue weighted by atomic mass is 19.1. The smallest absolute Gasteiger partial charge is 0.224 e. The number of hydrogen-bond acceptors (Lipinski definition) is 1. The van der Waals surface area contributed by atoms with Crippen LogP contribution in [0.15, 0.2) is 42.7 Å². The minimum absolute atomic E-state index is 0.0666. The number of amides is 1. The number of benzene rings is 1. The lowest BCUT2D eigenvalue weighted by Gasteiger charge is -2.04. The number of H-pyrrole nitrogens is 1. The van der Waals surface area contributed by atoms with Crippen molar-refractivity contribution in [3.05, 3.63) is 59.7 Å². The maximum absolute atomic E-state index is 13.3. The Morgan fingerprint density at radius 2 is 2.12 bits per heavy atom. The van der Waals surface area contributed by atoms with Crippen molar-refractivity contribution in [1.29, 1.82) is 0 Å². The average Bonchev–Trinajstić information content (AvgIpc) is 2.82. The van der Waals surface area contributed by atoms with Crippen LogP contribution in [-0.2, 0) is 17.8 Å². The van der Waals surface area contributed by atoms with Gasteiger partial charge in [-0.15, -0.1) is 0 Å². The van der Waals surface area contributed by atoms with Gasteiger partial charge in [0.25, 0.3) is 0 Å². The second kappa shape index (κ2) is 5.30. The van der Waals surface area contributed by atoms with Crippen molar-refractivity contribution in [3.63, 3.8) is 0 Å². The van der Waals surface area contributed by atoms with Crippen LogP contribution >= 0.6 is 0 Å². The molecule has 1 amide bonds. The average molecular weight is 232 g/mol. The molecule has 1 heterocycles. The van der Waals surface area contributed by atoms with E-state index in [9.17, 15) is 9.18 Å². The first-order chi connectivity index (χ1) is 8.25. The second-order valence-electron chi connectivity index (χ2n) is 3.76. The molecule has 2 aromatic rings. The lowest BCUT2D eigenvalue weighted by Crippen LogP contribution is -2.24. The Morgan fingerprint density at radius 1 is 1.29 bits per heavy atom. The van der Waals surface area contributed by atoms with Crippen LogP contribution in [0.1, 0.15) is 11.1 Å². The molecule has 0 saturated heterocycles. The molecular weight excluding hydrogens is 219 g/mol. The van der Waals surface area contributed by atoms with Crippen molar-refractivity contribution in [2.45, 2.75) is 13.0 Å². The van der Waals surface area contributed by atoms with E-state index in [1.54, 1.807) is 24.4 Å². The molecule has 17 heavy (non-hydrogen) atoms. The molecule has 0 aliphatic carbocycles. The quantitative estimate of drug-likeness (QED) is 0.832. The van der Waals surface area contributed by atoms with E-state index in [0.717, 1.165) is 5.56 Å². The summed E-state index contributed by atoms with van der Waals surface area (Å²) in [5.41, 5.74) is 1.41. The summed E-state index contributed by atoms with van der Waals surface area (Å²) in [7, 11) is 0. The summed E-state index contributed by atoms with van der Waals surface area (Å²) in [6.07, 6.45) is 3.67. The maximum Gasteiger partial charge on any atom is 0.224 e. The minimum atomic E-state index is -0.343. The van der Waals surface area contributed by atoms with Crippen LogP contribution in [0, 0.1) is 5.82 Å². The fraction of sp³-hybridized carbons (Fsp3) is 0.154. The molecule has 0 spiro atoms. The first-order valence-corrected chi connectivity index (χ1v) is 5.37. The molecule has 4 heteroatoms. The molecule has 0 atom stereocenters. The SMILES string of the molecule is O=C(Cc1ccccc1F)NCc1cc[nH]c1. The van der Waals surface area contributed by atoms with Gasteiger partial charge in [-0.3, -0.25) is 4.79 Å². The monoisotopic (exact) mass is 232 g/mol. The molecule has 88 valence electrons. The first kappa shape index (κ1) is 11.4. The van der Waals surface area contributed by atoms with Crippen molar-refractivity contribution in [2.24, 2.45) is 0 Å². The van der Waals surface area contributed by atoms with E-state index < -0.39 is 0 Å². The highest BCUT2D eigenvalue weighted by Crippen LogP contribution is 2.07. The summed E-state index contributed by atoms with van der Waals surface area (Å²) in [5.74, 6) is -0.527. The summed E-state index contributed by atoms with van der Waals surface area (Å²) in [4.78, 5) is 14.5. The van der Waals surface area contributed by atoms with Crippen molar-refractivity contribution in [1.82, 2.24) is 10.3 Å². The van der Waals surface area contributed by atoms with Gasteiger partial charge in [0.2, 0.25) is 5.91 Å². The zero-order valence-electron chi connectivity index (χ0n) is 9.24. The molecule has 2 rings (SSSR count). The van der Waals surface area contributed by atoms with E-state index in [4.69, 9.17) is 0 Å². The summed E-state index contributed by atoms with van der Waals surface area (Å²) in [5, 5.41) is 2.74. The van der Waals surface area contributed by atoms with Gasteiger partial charge in [-0.2, -0.15) is 0 Å². The van der Waals surface area contributed by atoms with E-state index in [0.29, 0.717) is 12.1 Å². The third-order valence-corrected chi connectivity index (χ3v) is 2.46. The van der Waals surface area contributed by atoms with Crippen molar-refractivity contribution in [2.75, 3.05) is 0 Å². The standard InChI is InChI=1S/C13H13FN2O/c14-12-4-2-1-3-11(12)7-13(17)16-9-10-5-6-15-8-10/h1-6,8,15H,7,9H2,(H,16,17). The third kappa shape index (κ3) is 3.17. The molecule has 2 N–H and O–H groups in total. The van der Waals surface area contributed by atoms with Gasteiger partial charge in [-0.05, 0) is 23.3 Å². The van der Waals surface area contributed by atoms with Crippen LogP contribution in [0.4, 0.5) is 4.39 Å². The normalized spacial score (nSPS) is 10.2. The number of aromatic amines is 1. The molecule has 3 nitrogen and oxygen atoms in total. The lowest BCUT2D eigenvalue weighted by molar-refractivity contribution is -0.120. The van der Waals surface area contributed by atoms with Crippen molar-refractivity contribution in [3.8, 4) is 0 Å². The van der Waals surface area contributed by atoms with Gasteiger partial charge < -0.3 is 10.3 Å². The topological polar surface area (TPSA) is 44.9 Å². The molecule has 0 unspecified atom stereocenters. The van der Waals surface area contributed by atoms with Crippen LogP contribution < -0.4 is 5.32 Å². The Balaban J connectivity index is 1.87. The Labute approximate surface area is 98.7 Å². The molecule has 0 saturated carbocycles. The predicted octanol–water partition coefficient (Wildman–Crippen LogP) is 2.01. The Kier molecular flexibility index (Phi) is 3.55. The van der Waals surface area contributed by atoms with Gasteiger partial charge in [0.15, 0.2) is 0 Å². The molecule has 0 aliphatic rings. The van der Waals surface area contributed by atoms with E-state index in [1.165, 1.54) is 6.07 Å². The lowest BCUT2D eigenvalue weighted by atomic mass is 10.1. The zero-order valence-corrected chi connectivity index (χ0v) is 9.24. The van der Waals surface area contributed by atoms with Crippen LogP contribution in [0.25, 0.3) is 0 Å². The number of aromatic nitrogens is 1. The van der Waals surface area contributed by atoms with Crippen LogP contribution in [0.3, 0.4) is 0 Å². The second-order valence-corrected chi connectivity index (χ2v) is 3.76. The summed E-state index contributed by atoms with van der Waals surface area (Å²) >= 11 is 0. The third-order valence-electron chi connectivity index (χ3n) is 2.46. The summed E-state index contributed by atoms with van der Waals surface area (Å²) in [6, 6.07) is 8.18. The van der Waals surface area contributed by atoms with E-state index in [1.807, 2.05) is 12.3 Å². The zero-order chi connectivity index (χ0) is 12.1. The molecule has 0 bridgehead atoms. The number of carbonyl (C=O) groups excluding carboxylic acids is 1. The van der Waals surface area contributed by atoms with Crippen LogP contribution in [0.5, 0.6) is 0 Å². The van der Waals surface area contributed by atoms with Gasteiger partial charge >= 0.3 is 0 Å². The number of rotatable bonds is 4.